The van der Waals surface area contributed by atoms with E-state index in [2.05, 4.69) is 17.1 Å². The summed E-state index contributed by atoms with van der Waals surface area (Å²) in [5, 5.41) is 18.5. The Balaban J connectivity index is 0.00000240. The third kappa shape index (κ3) is 3.70. The molecule has 1 aliphatic rings. The number of para-hydroxylation sites is 1. The fourth-order valence-corrected chi connectivity index (χ4v) is 3.97. The summed E-state index contributed by atoms with van der Waals surface area (Å²) in [6, 6.07) is 12.0. The first-order valence-corrected chi connectivity index (χ1v) is 9.91. The third-order valence-electron chi connectivity index (χ3n) is 5.03. The number of aromatic amines is 1. The van der Waals surface area contributed by atoms with Crippen LogP contribution in [0.3, 0.4) is 0 Å². The largest absolute Gasteiger partial charge is 0.507 e. The molecule has 4 rings (SSSR count). The molecule has 29 heavy (non-hydrogen) atoms. The van der Waals surface area contributed by atoms with Gasteiger partial charge in [0.15, 0.2) is 0 Å². The molecule has 1 amide bonds. The van der Waals surface area contributed by atoms with Gasteiger partial charge >= 0.3 is 0 Å². The molecular formula is C21H20Cl3N3O2. The van der Waals surface area contributed by atoms with Crippen LogP contribution in [0, 0.1) is 0 Å². The highest BCUT2D eigenvalue weighted by molar-refractivity contribution is 6.42. The number of carbonyl (C=O) groups excluding carboxylic acids is 1. The Labute approximate surface area is 185 Å². The number of fused-ring (bicyclic) bond motifs is 1. The topological polar surface area (TPSA) is 69.2 Å². The van der Waals surface area contributed by atoms with Gasteiger partial charge in [0.1, 0.15) is 17.1 Å². The lowest BCUT2D eigenvalue weighted by molar-refractivity contribution is 0.0741. The lowest BCUT2D eigenvalue weighted by atomic mass is 9.95. The molecular weight excluding hydrogens is 433 g/mol. The van der Waals surface area contributed by atoms with Gasteiger partial charge < -0.3 is 10.0 Å². The Morgan fingerprint density at radius 1 is 1.17 bits per heavy atom. The van der Waals surface area contributed by atoms with Crippen molar-refractivity contribution in [3.8, 4) is 17.0 Å². The number of halogens is 3. The van der Waals surface area contributed by atoms with Gasteiger partial charge in [0.25, 0.3) is 5.91 Å². The van der Waals surface area contributed by atoms with Crippen LogP contribution < -0.4 is 0 Å². The van der Waals surface area contributed by atoms with E-state index in [4.69, 9.17) is 23.2 Å². The number of aromatic nitrogens is 2. The Morgan fingerprint density at radius 3 is 2.62 bits per heavy atom. The molecule has 1 unspecified atom stereocenters. The second kappa shape index (κ2) is 8.66. The van der Waals surface area contributed by atoms with Gasteiger partial charge in [-0.25, -0.2) is 0 Å². The van der Waals surface area contributed by atoms with Gasteiger partial charge in [-0.15, -0.1) is 12.4 Å². The molecule has 0 spiro atoms. The molecule has 0 fully saturated rings. The highest BCUT2D eigenvalue weighted by Crippen LogP contribution is 2.45. The van der Waals surface area contributed by atoms with E-state index in [-0.39, 0.29) is 30.1 Å². The van der Waals surface area contributed by atoms with Gasteiger partial charge in [0, 0.05) is 17.7 Å². The maximum absolute atomic E-state index is 13.1. The van der Waals surface area contributed by atoms with E-state index in [0.29, 0.717) is 33.5 Å². The molecule has 1 aliphatic heterocycles. The van der Waals surface area contributed by atoms with Crippen LogP contribution in [-0.4, -0.2) is 32.7 Å². The summed E-state index contributed by atoms with van der Waals surface area (Å²) in [5.41, 5.74) is 3.20. The molecule has 1 atom stereocenters. The second-order valence-electron chi connectivity index (χ2n) is 6.81. The number of phenolic OH excluding ortho intramolecular Hbond substituents is 1. The lowest BCUT2D eigenvalue weighted by Crippen LogP contribution is -2.30. The zero-order chi connectivity index (χ0) is 19.8. The molecule has 5 nitrogen and oxygen atoms in total. The number of hydrogen-bond acceptors (Lipinski definition) is 3. The van der Waals surface area contributed by atoms with Crippen molar-refractivity contribution >= 4 is 41.5 Å². The number of carbonyl (C=O) groups is 1. The zero-order valence-electron chi connectivity index (χ0n) is 15.7. The van der Waals surface area contributed by atoms with Crippen LogP contribution >= 0.6 is 35.6 Å². The number of unbranched alkanes of at least 4 members (excludes halogenated alkanes) is 1. The van der Waals surface area contributed by atoms with Crippen molar-refractivity contribution in [2.45, 2.75) is 25.8 Å². The smallest absolute Gasteiger partial charge is 0.273 e. The van der Waals surface area contributed by atoms with E-state index in [1.807, 2.05) is 17.0 Å². The Morgan fingerprint density at radius 2 is 1.93 bits per heavy atom. The van der Waals surface area contributed by atoms with Gasteiger partial charge in [0.05, 0.1) is 16.1 Å². The first-order valence-electron chi connectivity index (χ1n) is 9.15. The number of H-pyrrole nitrogens is 1. The molecule has 0 radical (unpaired) electrons. The van der Waals surface area contributed by atoms with Crippen molar-refractivity contribution in [3.63, 3.8) is 0 Å². The Hall–Kier alpha value is -2.21. The van der Waals surface area contributed by atoms with E-state index in [0.717, 1.165) is 24.0 Å². The third-order valence-corrected chi connectivity index (χ3v) is 5.77. The minimum Gasteiger partial charge on any atom is -0.507 e. The predicted octanol–water partition coefficient (Wildman–Crippen LogP) is 5.86. The quantitative estimate of drug-likeness (QED) is 0.509. The number of aromatic hydroxyl groups is 1. The van der Waals surface area contributed by atoms with Crippen LogP contribution in [0.15, 0.2) is 42.5 Å². The molecule has 1 aromatic heterocycles. The average Bonchev–Trinajstić information content (AvgIpc) is 3.22. The maximum atomic E-state index is 13.1. The first-order chi connectivity index (χ1) is 13.5. The number of hydrogen-bond donors (Lipinski definition) is 2. The van der Waals surface area contributed by atoms with E-state index in [9.17, 15) is 9.90 Å². The molecule has 8 heteroatoms. The van der Waals surface area contributed by atoms with Crippen LogP contribution in [0.2, 0.25) is 10.0 Å². The fourth-order valence-electron chi connectivity index (χ4n) is 3.66. The summed E-state index contributed by atoms with van der Waals surface area (Å²) in [4.78, 5) is 14.9. The molecule has 2 heterocycles. The minimum absolute atomic E-state index is 0. The van der Waals surface area contributed by atoms with Gasteiger partial charge in [-0.1, -0.05) is 54.7 Å². The second-order valence-corrected chi connectivity index (χ2v) is 7.62. The predicted molar refractivity (Wildman–Crippen MR) is 117 cm³/mol. The molecule has 0 aliphatic carbocycles. The minimum atomic E-state index is -0.350. The van der Waals surface area contributed by atoms with Crippen molar-refractivity contribution in [1.29, 1.82) is 0 Å². The van der Waals surface area contributed by atoms with Crippen molar-refractivity contribution < 1.29 is 9.90 Å². The van der Waals surface area contributed by atoms with E-state index in [1.165, 1.54) is 0 Å². The fraction of sp³-hybridized carbons (Fsp3) is 0.238. The van der Waals surface area contributed by atoms with Crippen LogP contribution in [0.25, 0.3) is 11.3 Å². The number of amides is 1. The standard InChI is InChI=1S/C21H19Cl2N3O2.ClH/c1-2-3-10-26-20(12-8-9-14(22)15(23)11-12)17-18(24-25-19(17)21(26)28)13-6-4-5-7-16(13)27;/h4-9,11,20,27H,2-3,10H2,1H3,(H,24,25);1H. The van der Waals surface area contributed by atoms with Gasteiger partial charge in [-0.05, 0) is 36.2 Å². The van der Waals surface area contributed by atoms with Crippen molar-refractivity contribution in [2.24, 2.45) is 0 Å². The molecule has 2 aromatic carbocycles. The SMILES string of the molecule is CCCCN1C(=O)c2[nH]nc(-c3ccccc3O)c2C1c1ccc(Cl)c(Cl)c1.Cl. The number of benzene rings is 2. The summed E-state index contributed by atoms with van der Waals surface area (Å²) in [7, 11) is 0. The average molecular weight is 453 g/mol. The number of phenols is 1. The van der Waals surface area contributed by atoms with E-state index in [1.54, 1.807) is 30.3 Å². The normalized spacial score (nSPS) is 15.3. The van der Waals surface area contributed by atoms with Crippen molar-refractivity contribution in [3.05, 3.63) is 69.3 Å². The Kier molecular flexibility index (Phi) is 6.42. The zero-order valence-corrected chi connectivity index (χ0v) is 18.0. The highest BCUT2D eigenvalue weighted by atomic mass is 35.5. The first kappa shape index (κ1) is 21.5. The summed E-state index contributed by atoms with van der Waals surface area (Å²) in [6.07, 6.45) is 1.85. The van der Waals surface area contributed by atoms with Gasteiger partial charge in [-0.2, -0.15) is 5.10 Å². The highest BCUT2D eigenvalue weighted by Gasteiger charge is 2.42. The molecule has 152 valence electrons. The van der Waals surface area contributed by atoms with Crippen LogP contribution in [-0.2, 0) is 0 Å². The molecule has 0 bridgehead atoms. The van der Waals surface area contributed by atoms with E-state index >= 15 is 0 Å². The monoisotopic (exact) mass is 451 g/mol. The van der Waals surface area contributed by atoms with Crippen LogP contribution in [0.4, 0.5) is 0 Å². The molecule has 3 aromatic rings. The number of rotatable bonds is 5. The summed E-state index contributed by atoms with van der Waals surface area (Å²) in [5.74, 6) is 0.0119. The summed E-state index contributed by atoms with van der Waals surface area (Å²) in [6.45, 7) is 2.70. The Bertz CT molecular complexity index is 1050. The van der Waals surface area contributed by atoms with Gasteiger partial charge in [-0.3, -0.25) is 9.89 Å². The van der Waals surface area contributed by atoms with Crippen molar-refractivity contribution in [1.82, 2.24) is 15.1 Å². The van der Waals surface area contributed by atoms with Crippen LogP contribution in [0.5, 0.6) is 5.75 Å². The number of nitrogens with one attached hydrogen (secondary N) is 1. The van der Waals surface area contributed by atoms with E-state index < -0.39 is 0 Å². The lowest BCUT2D eigenvalue weighted by Gasteiger charge is -2.26. The van der Waals surface area contributed by atoms with Gasteiger partial charge in [0.2, 0.25) is 0 Å². The summed E-state index contributed by atoms with van der Waals surface area (Å²) < 4.78 is 0. The maximum Gasteiger partial charge on any atom is 0.273 e. The molecule has 0 saturated carbocycles. The number of nitrogens with zero attached hydrogens (tertiary/aromatic N) is 2. The van der Waals surface area contributed by atoms with Crippen molar-refractivity contribution in [2.75, 3.05) is 6.54 Å². The summed E-state index contributed by atoms with van der Waals surface area (Å²) >= 11 is 12.4. The molecule has 0 saturated heterocycles. The molecule has 2 N–H and O–H groups in total. The van der Waals surface area contributed by atoms with Crippen LogP contribution in [0.1, 0.15) is 47.4 Å².